The number of fused-ring (bicyclic) bond motifs is 1. The van der Waals surface area contributed by atoms with Crippen LogP contribution in [0, 0.1) is 11.3 Å². The molecule has 11 heteroatoms. The molecule has 4 rings (SSSR count). The molecular formula is C26H31N5O5S. The van der Waals surface area contributed by atoms with Gasteiger partial charge in [-0.1, -0.05) is 19.1 Å². The number of nitrogens with one attached hydrogen (secondary N) is 1. The van der Waals surface area contributed by atoms with E-state index in [1.165, 1.54) is 4.68 Å². The zero-order valence-corrected chi connectivity index (χ0v) is 21.7. The number of carbonyl (C=O) groups is 3. The number of nitrogens with zero attached hydrogens (tertiary/aromatic N) is 4. The average Bonchev–Trinajstić information content (AvgIpc) is 3.70. The van der Waals surface area contributed by atoms with Crippen LogP contribution in [0.2, 0.25) is 0 Å². The van der Waals surface area contributed by atoms with Gasteiger partial charge < -0.3 is 10.2 Å². The van der Waals surface area contributed by atoms with Gasteiger partial charge in [-0.15, -0.1) is 0 Å². The highest BCUT2D eigenvalue weighted by atomic mass is 32.2. The molecule has 1 aromatic heterocycles. The molecule has 1 fully saturated rings. The van der Waals surface area contributed by atoms with Gasteiger partial charge in [0.25, 0.3) is 11.8 Å². The van der Waals surface area contributed by atoms with E-state index >= 15 is 0 Å². The number of amides is 2. The molecule has 0 saturated heterocycles. The van der Waals surface area contributed by atoms with E-state index in [0.29, 0.717) is 43.5 Å². The highest BCUT2D eigenvalue weighted by Gasteiger charge is 2.36. The number of unbranched alkanes of at least 4 members (excludes halogenated alkanes) is 1. The van der Waals surface area contributed by atoms with Crippen LogP contribution >= 0.6 is 0 Å². The van der Waals surface area contributed by atoms with E-state index in [4.69, 9.17) is 5.26 Å². The highest BCUT2D eigenvalue weighted by molar-refractivity contribution is 7.92. The molecule has 2 aliphatic rings. The quantitative estimate of drug-likeness (QED) is 0.418. The Kier molecular flexibility index (Phi) is 8.07. The van der Waals surface area contributed by atoms with Crippen LogP contribution in [-0.4, -0.2) is 64.8 Å². The third kappa shape index (κ3) is 6.25. The molecule has 10 nitrogen and oxygen atoms in total. The molecule has 1 aliphatic heterocycles. The van der Waals surface area contributed by atoms with Crippen LogP contribution in [0.25, 0.3) is 0 Å². The van der Waals surface area contributed by atoms with Crippen molar-refractivity contribution in [1.82, 2.24) is 20.0 Å². The number of Topliss-reactive ketones (excluding diaryl/α,β-unsaturated/α-hetero) is 1. The van der Waals surface area contributed by atoms with Crippen LogP contribution in [0.1, 0.15) is 76.7 Å². The summed E-state index contributed by atoms with van der Waals surface area (Å²) >= 11 is 0. The van der Waals surface area contributed by atoms with Gasteiger partial charge in [0.15, 0.2) is 21.3 Å². The Bertz CT molecular complexity index is 1340. The lowest BCUT2D eigenvalue weighted by Crippen LogP contribution is -2.40. The van der Waals surface area contributed by atoms with Crippen LogP contribution in [0.4, 0.5) is 0 Å². The first kappa shape index (κ1) is 26.5. The van der Waals surface area contributed by atoms with Gasteiger partial charge >= 0.3 is 0 Å². The lowest BCUT2D eigenvalue weighted by atomic mass is 10.0. The predicted octanol–water partition coefficient (Wildman–Crippen LogP) is 2.02. The number of rotatable bonds is 12. The van der Waals surface area contributed by atoms with Crippen LogP contribution in [0.5, 0.6) is 0 Å². The number of benzene rings is 1. The van der Waals surface area contributed by atoms with Crippen molar-refractivity contribution in [3.63, 3.8) is 0 Å². The molecule has 196 valence electrons. The Morgan fingerprint density at radius 2 is 1.92 bits per heavy atom. The van der Waals surface area contributed by atoms with Gasteiger partial charge in [-0.05, 0) is 49.8 Å². The third-order valence-electron chi connectivity index (χ3n) is 6.78. The van der Waals surface area contributed by atoms with E-state index in [-0.39, 0.29) is 53.6 Å². The summed E-state index contributed by atoms with van der Waals surface area (Å²) in [6, 6.07) is 8.90. The Balaban J connectivity index is 1.45. The van der Waals surface area contributed by atoms with Crippen molar-refractivity contribution in [1.29, 1.82) is 5.26 Å². The minimum absolute atomic E-state index is 0.0963. The number of carbonyl (C=O) groups excluding carboxylic acids is 3. The monoisotopic (exact) mass is 525 g/mol. The molecule has 0 spiro atoms. The van der Waals surface area contributed by atoms with Gasteiger partial charge in [0.1, 0.15) is 12.2 Å². The zero-order chi connectivity index (χ0) is 26.6. The normalized spacial score (nSPS) is 15.2. The maximum Gasteiger partial charge on any atom is 0.272 e. The second-order valence-electron chi connectivity index (χ2n) is 9.53. The molecule has 37 heavy (non-hydrogen) atoms. The maximum absolute atomic E-state index is 13.4. The number of ketones is 1. The Morgan fingerprint density at radius 1 is 1.19 bits per heavy atom. The fourth-order valence-corrected chi connectivity index (χ4v) is 6.22. The minimum Gasteiger partial charge on any atom is -0.347 e. The average molecular weight is 526 g/mol. The molecule has 1 aliphatic carbocycles. The molecule has 1 N–H and O–H groups in total. The molecule has 0 unspecified atom stereocenters. The van der Waals surface area contributed by atoms with Crippen molar-refractivity contribution >= 4 is 27.4 Å². The van der Waals surface area contributed by atoms with E-state index in [1.54, 1.807) is 36.1 Å². The van der Waals surface area contributed by atoms with E-state index in [0.717, 1.165) is 18.4 Å². The van der Waals surface area contributed by atoms with Crippen LogP contribution in [0.3, 0.4) is 0 Å². The summed E-state index contributed by atoms with van der Waals surface area (Å²) in [5, 5.41) is 15.9. The molecule has 2 heterocycles. The van der Waals surface area contributed by atoms with E-state index < -0.39 is 15.7 Å². The number of hydrogen-bond donors (Lipinski definition) is 1. The van der Waals surface area contributed by atoms with Gasteiger partial charge in [-0.25, -0.2) is 8.42 Å². The third-order valence-corrected chi connectivity index (χ3v) is 9.13. The molecule has 0 atom stereocenters. The molecule has 2 aromatic rings. The van der Waals surface area contributed by atoms with Crippen molar-refractivity contribution < 1.29 is 22.8 Å². The second kappa shape index (κ2) is 11.3. The van der Waals surface area contributed by atoms with Crippen LogP contribution < -0.4 is 5.32 Å². The van der Waals surface area contributed by atoms with Crippen LogP contribution in [0.15, 0.2) is 24.3 Å². The van der Waals surface area contributed by atoms with Gasteiger partial charge in [-0.2, -0.15) is 10.4 Å². The van der Waals surface area contributed by atoms with Gasteiger partial charge in [0.2, 0.25) is 0 Å². The first-order valence-electron chi connectivity index (χ1n) is 12.6. The predicted molar refractivity (Wildman–Crippen MR) is 136 cm³/mol. The lowest BCUT2D eigenvalue weighted by Gasteiger charge is -2.27. The topological polar surface area (TPSA) is 142 Å². The Labute approximate surface area is 216 Å². The minimum atomic E-state index is -3.02. The molecule has 1 saturated carbocycles. The van der Waals surface area contributed by atoms with E-state index in [2.05, 4.69) is 10.4 Å². The van der Waals surface area contributed by atoms with Crippen molar-refractivity contribution in [2.75, 3.05) is 18.8 Å². The Hall–Kier alpha value is -3.52. The van der Waals surface area contributed by atoms with Crippen molar-refractivity contribution in [2.45, 2.75) is 63.8 Å². The van der Waals surface area contributed by atoms with E-state index in [1.807, 2.05) is 6.07 Å². The molecular weight excluding hydrogens is 494 g/mol. The summed E-state index contributed by atoms with van der Waals surface area (Å²) < 4.78 is 25.6. The van der Waals surface area contributed by atoms with Gasteiger partial charge in [-0.3, -0.25) is 19.1 Å². The molecule has 0 radical (unpaired) electrons. The largest absolute Gasteiger partial charge is 0.347 e. The summed E-state index contributed by atoms with van der Waals surface area (Å²) in [6.07, 6.45) is 3.25. The fourth-order valence-electron chi connectivity index (χ4n) is 4.43. The first-order chi connectivity index (χ1) is 17.7. The smallest absolute Gasteiger partial charge is 0.272 e. The van der Waals surface area contributed by atoms with Crippen molar-refractivity contribution in [3.8, 4) is 6.07 Å². The number of hydrogen-bond acceptors (Lipinski definition) is 7. The second-order valence-corrected chi connectivity index (χ2v) is 11.9. The SMILES string of the molecule is CCC(=O)Cn1nc(C(=O)NCc2ccc(C#N)cc2)c2c1C(=O)N(CCCCS(=O)(=O)C1CC1)CC2. The zero-order valence-electron chi connectivity index (χ0n) is 20.9. The summed E-state index contributed by atoms with van der Waals surface area (Å²) in [7, 11) is -3.02. The van der Waals surface area contributed by atoms with Crippen LogP contribution in [-0.2, 0) is 34.1 Å². The standard InChI is InChI=1S/C26H31N5O5S/c1-2-20(32)17-31-24-22(23(29-31)25(33)28-16-19-7-5-18(15-27)6-8-19)11-13-30(26(24)34)12-3-4-14-37(35,36)21-9-10-21/h5-8,21H,2-4,9-14,16-17H2,1H3,(H,28,33). The van der Waals surface area contributed by atoms with Gasteiger partial charge in [0.05, 0.1) is 22.6 Å². The summed E-state index contributed by atoms with van der Waals surface area (Å²) in [5.74, 6) is -0.703. The fraction of sp³-hybridized carbons (Fsp3) is 0.500. The van der Waals surface area contributed by atoms with Gasteiger partial charge in [0, 0.05) is 31.6 Å². The van der Waals surface area contributed by atoms with E-state index in [9.17, 15) is 22.8 Å². The molecule has 2 amide bonds. The number of nitriles is 1. The lowest BCUT2D eigenvalue weighted by molar-refractivity contribution is -0.119. The number of aromatic nitrogens is 2. The first-order valence-corrected chi connectivity index (χ1v) is 14.3. The Morgan fingerprint density at radius 3 is 2.57 bits per heavy atom. The summed E-state index contributed by atoms with van der Waals surface area (Å²) in [4.78, 5) is 40.2. The maximum atomic E-state index is 13.4. The van der Waals surface area contributed by atoms with Crippen molar-refractivity contribution in [3.05, 3.63) is 52.3 Å². The summed E-state index contributed by atoms with van der Waals surface area (Å²) in [6.45, 7) is 2.66. The highest BCUT2D eigenvalue weighted by Crippen LogP contribution is 2.29. The number of sulfone groups is 1. The van der Waals surface area contributed by atoms with Crippen molar-refractivity contribution in [2.24, 2.45) is 0 Å². The molecule has 1 aromatic carbocycles. The summed E-state index contributed by atoms with van der Waals surface area (Å²) in [5.41, 5.74) is 2.25. The molecule has 0 bridgehead atoms.